The second kappa shape index (κ2) is 8.73. The number of hydrogen-bond acceptors (Lipinski definition) is 4. The summed E-state index contributed by atoms with van der Waals surface area (Å²) in [4.78, 5) is 19.8. The summed E-state index contributed by atoms with van der Waals surface area (Å²) in [6, 6.07) is 15.4. The van der Waals surface area contributed by atoms with Gasteiger partial charge in [0, 0.05) is 23.6 Å². The van der Waals surface area contributed by atoms with E-state index in [0.29, 0.717) is 29.5 Å². The van der Waals surface area contributed by atoms with Gasteiger partial charge in [0.05, 0.1) is 12.8 Å². The number of nitrogens with one attached hydrogen (secondary N) is 2. The highest BCUT2D eigenvalue weighted by atomic mass is 35.5. The number of aryl methyl sites for hydroxylation is 1. The van der Waals surface area contributed by atoms with Gasteiger partial charge in [-0.25, -0.2) is 4.98 Å². The lowest BCUT2D eigenvalue weighted by molar-refractivity contribution is 0.414. The van der Waals surface area contributed by atoms with Crippen LogP contribution in [-0.2, 0) is 12.8 Å². The molecule has 140 valence electrons. The fraction of sp³-hybridized carbons (Fsp3) is 0.238. The lowest BCUT2D eigenvalue weighted by atomic mass is 10.1. The van der Waals surface area contributed by atoms with Crippen LogP contribution in [0, 0.1) is 6.92 Å². The lowest BCUT2D eigenvalue weighted by Gasteiger charge is -2.10. The number of nitrogens with zero attached hydrogens (tertiary/aromatic N) is 1. The van der Waals surface area contributed by atoms with Crippen molar-refractivity contribution in [3.05, 3.63) is 86.3 Å². The Kier molecular flexibility index (Phi) is 6.14. The van der Waals surface area contributed by atoms with Gasteiger partial charge in [0.1, 0.15) is 5.75 Å². The molecule has 0 spiro atoms. The quantitative estimate of drug-likeness (QED) is 0.647. The van der Waals surface area contributed by atoms with E-state index in [-0.39, 0.29) is 5.56 Å². The van der Waals surface area contributed by atoms with E-state index >= 15 is 0 Å². The number of H-pyrrole nitrogens is 1. The van der Waals surface area contributed by atoms with Crippen molar-refractivity contribution in [2.45, 2.75) is 19.8 Å². The fourth-order valence-electron chi connectivity index (χ4n) is 2.83. The Hall–Kier alpha value is -2.79. The minimum absolute atomic E-state index is 0.121. The third kappa shape index (κ3) is 5.11. The number of aromatic nitrogens is 2. The maximum absolute atomic E-state index is 12.5. The molecule has 2 N–H and O–H groups in total. The molecule has 0 fully saturated rings. The van der Waals surface area contributed by atoms with E-state index in [4.69, 9.17) is 16.3 Å². The van der Waals surface area contributed by atoms with Crippen molar-refractivity contribution in [2.24, 2.45) is 0 Å². The number of ether oxygens (including phenoxy) is 1. The molecular weight excluding hydrogens is 362 g/mol. The molecule has 5 nitrogen and oxygen atoms in total. The molecule has 0 radical (unpaired) electrons. The molecule has 0 bridgehead atoms. The molecule has 3 rings (SSSR count). The third-order valence-corrected chi connectivity index (χ3v) is 4.63. The molecule has 3 aromatic rings. The van der Waals surface area contributed by atoms with Gasteiger partial charge in [-0.2, -0.15) is 0 Å². The summed E-state index contributed by atoms with van der Waals surface area (Å²) in [5.74, 6) is 1.33. The Labute approximate surface area is 163 Å². The molecule has 6 heteroatoms. The van der Waals surface area contributed by atoms with Crippen LogP contribution in [0.4, 0.5) is 5.95 Å². The highest BCUT2D eigenvalue weighted by molar-refractivity contribution is 6.30. The zero-order valence-electron chi connectivity index (χ0n) is 15.4. The number of halogens is 1. The van der Waals surface area contributed by atoms with Crippen LogP contribution in [-0.4, -0.2) is 23.6 Å². The van der Waals surface area contributed by atoms with Gasteiger partial charge in [-0.15, -0.1) is 0 Å². The van der Waals surface area contributed by atoms with Crippen LogP contribution in [0.2, 0.25) is 5.02 Å². The standard InChI is InChI=1S/C21H22ClN3O2/c1-14-19(13-16-3-7-17(22)8-4-16)20(26)25-21(24-14)23-12-11-15-5-9-18(27-2)10-6-15/h3-10H,11-13H2,1-2H3,(H2,23,24,25,26). The topological polar surface area (TPSA) is 67.0 Å². The van der Waals surface area contributed by atoms with Gasteiger partial charge in [0.2, 0.25) is 5.95 Å². The minimum Gasteiger partial charge on any atom is -0.497 e. The van der Waals surface area contributed by atoms with Crippen molar-refractivity contribution >= 4 is 17.5 Å². The molecule has 0 saturated carbocycles. The molecule has 0 atom stereocenters. The summed E-state index contributed by atoms with van der Waals surface area (Å²) >= 11 is 5.91. The zero-order chi connectivity index (χ0) is 19.2. The number of aromatic amines is 1. The van der Waals surface area contributed by atoms with Crippen LogP contribution in [0.1, 0.15) is 22.4 Å². The molecule has 1 aromatic heterocycles. The summed E-state index contributed by atoms with van der Waals surface area (Å²) in [7, 11) is 1.65. The van der Waals surface area contributed by atoms with E-state index in [9.17, 15) is 4.79 Å². The molecule has 0 unspecified atom stereocenters. The van der Waals surface area contributed by atoms with Crippen LogP contribution in [0.5, 0.6) is 5.75 Å². The predicted molar refractivity (Wildman–Crippen MR) is 109 cm³/mol. The third-order valence-electron chi connectivity index (χ3n) is 4.38. The van der Waals surface area contributed by atoms with Gasteiger partial charge in [-0.1, -0.05) is 35.9 Å². The minimum atomic E-state index is -0.121. The normalized spacial score (nSPS) is 10.6. The first-order valence-electron chi connectivity index (χ1n) is 8.76. The Morgan fingerprint density at radius 1 is 1.07 bits per heavy atom. The van der Waals surface area contributed by atoms with E-state index in [2.05, 4.69) is 15.3 Å². The van der Waals surface area contributed by atoms with Gasteiger partial charge in [0.15, 0.2) is 0 Å². The Morgan fingerprint density at radius 3 is 2.37 bits per heavy atom. The Morgan fingerprint density at radius 2 is 1.74 bits per heavy atom. The molecule has 2 aromatic carbocycles. The van der Waals surface area contributed by atoms with Crippen molar-refractivity contribution in [1.82, 2.24) is 9.97 Å². The predicted octanol–water partition coefficient (Wildman–Crippen LogP) is 3.99. The summed E-state index contributed by atoms with van der Waals surface area (Å²) in [6.45, 7) is 2.53. The summed E-state index contributed by atoms with van der Waals surface area (Å²) in [5, 5.41) is 3.87. The average molecular weight is 384 g/mol. The Balaban J connectivity index is 1.63. The first kappa shape index (κ1) is 19.0. The summed E-state index contributed by atoms with van der Waals surface area (Å²) < 4.78 is 5.16. The van der Waals surface area contributed by atoms with Gasteiger partial charge >= 0.3 is 0 Å². The Bertz CT molecular complexity index is 951. The number of rotatable bonds is 7. The summed E-state index contributed by atoms with van der Waals surface area (Å²) in [6.07, 6.45) is 1.34. The SMILES string of the molecule is COc1ccc(CCNc2nc(C)c(Cc3ccc(Cl)cc3)c(=O)[nH]2)cc1. The van der Waals surface area contributed by atoms with Crippen LogP contribution in [0.3, 0.4) is 0 Å². The largest absolute Gasteiger partial charge is 0.497 e. The highest BCUT2D eigenvalue weighted by Crippen LogP contribution is 2.14. The number of hydrogen-bond donors (Lipinski definition) is 2. The highest BCUT2D eigenvalue weighted by Gasteiger charge is 2.09. The van der Waals surface area contributed by atoms with E-state index in [1.54, 1.807) is 7.11 Å². The zero-order valence-corrected chi connectivity index (χ0v) is 16.1. The van der Waals surface area contributed by atoms with E-state index in [0.717, 1.165) is 23.4 Å². The van der Waals surface area contributed by atoms with Gasteiger partial charge in [-0.05, 0) is 48.7 Å². The monoisotopic (exact) mass is 383 g/mol. The van der Waals surface area contributed by atoms with Gasteiger partial charge in [0.25, 0.3) is 5.56 Å². The van der Waals surface area contributed by atoms with Crippen LogP contribution in [0.15, 0.2) is 53.3 Å². The first-order chi connectivity index (χ1) is 13.0. The molecule has 27 heavy (non-hydrogen) atoms. The maximum atomic E-state index is 12.5. The van der Waals surface area contributed by atoms with Crippen molar-refractivity contribution in [3.8, 4) is 5.75 Å². The number of methoxy groups -OCH3 is 1. The van der Waals surface area contributed by atoms with Crippen molar-refractivity contribution in [3.63, 3.8) is 0 Å². The van der Waals surface area contributed by atoms with Crippen LogP contribution in [0.25, 0.3) is 0 Å². The lowest BCUT2D eigenvalue weighted by Crippen LogP contribution is -2.20. The number of anilines is 1. The van der Waals surface area contributed by atoms with Gasteiger partial charge in [-0.3, -0.25) is 9.78 Å². The maximum Gasteiger partial charge on any atom is 0.256 e. The van der Waals surface area contributed by atoms with E-state index < -0.39 is 0 Å². The van der Waals surface area contributed by atoms with Gasteiger partial charge < -0.3 is 10.1 Å². The van der Waals surface area contributed by atoms with Crippen LogP contribution >= 0.6 is 11.6 Å². The molecule has 1 heterocycles. The van der Waals surface area contributed by atoms with E-state index in [1.165, 1.54) is 5.56 Å². The average Bonchev–Trinajstić information content (AvgIpc) is 2.67. The first-order valence-corrected chi connectivity index (χ1v) is 9.14. The molecule has 0 aliphatic rings. The van der Waals surface area contributed by atoms with Crippen molar-refractivity contribution in [2.75, 3.05) is 19.0 Å². The number of benzene rings is 2. The summed E-state index contributed by atoms with van der Waals surface area (Å²) in [5.41, 5.74) is 3.47. The van der Waals surface area contributed by atoms with Crippen molar-refractivity contribution < 1.29 is 4.74 Å². The molecule has 0 amide bonds. The van der Waals surface area contributed by atoms with E-state index in [1.807, 2.05) is 55.5 Å². The molecular formula is C21H22ClN3O2. The fourth-order valence-corrected chi connectivity index (χ4v) is 2.95. The molecule has 0 aliphatic carbocycles. The smallest absolute Gasteiger partial charge is 0.256 e. The molecule has 0 saturated heterocycles. The van der Waals surface area contributed by atoms with Crippen molar-refractivity contribution in [1.29, 1.82) is 0 Å². The van der Waals surface area contributed by atoms with Crippen LogP contribution < -0.4 is 15.6 Å². The second-order valence-corrected chi connectivity index (χ2v) is 6.74. The second-order valence-electron chi connectivity index (χ2n) is 6.31. The molecule has 0 aliphatic heterocycles.